The van der Waals surface area contributed by atoms with Crippen molar-refractivity contribution in [2.45, 2.75) is 12.2 Å². The molecule has 0 fully saturated rings. The second-order valence-electron chi connectivity index (χ2n) is 4.15. The number of nitrogens with two attached hydrogens (primary N) is 1. The quantitative estimate of drug-likeness (QED) is 0.470. The first-order chi connectivity index (χ1) is 9.54. The van der Waals surface area contributed by atoms with E-state index >= 15 is 0 Å². The molecule has 0 aliphatic carbocycles. The Morgan fingerprint density at radius 3 is 2.75 bits per heavy atom. The Kier molecular flexibility index (Phi) is 6.46. The van der Waals surface area contributed by atoms with Crippen molar-refractivity contribution in [3.8, 4) is 11.8 Å². The maximum atomic E-state index is 10.6. The molecule has 1 aromatic rings. The maximum Gasteiger partial charge on any atom is 0.247 e. The Morgan fingerprint density at radius 2 is 2.10 bits per heavy atom. The van der Waals surface area contributed by atoms with Crippen LogP contribution in [-0.2, 0) is 4.79 Å². The number of para-hydroxylation sites is 1. The lowest BCUT2D eigenvalue weighted by Gasteiger charge is -2.14. The SMILES string of the molecule is N#Cc1ccccc1OCC(O)CNCC(O)C(N)=O. The van der Waals surface area contributed by atoms with Gasteiger partial charge in [-0.05, 0) is 12.1 Å². The number of nitriles is 1. The lowest BCUT2D eigenvalue weighted by molar-refractivity contribution is -0.125. The average Bonchev–Trinajstić information content (AvgIpc) is 2.45. The van der Waals surface area contributed by atoms with Crippen molar-refractivity contribution < 1.29 is 19.7 Å². The van der Waals surface area contributed by atoms with E-state index in [-0.39, 0.29) is 19.7 Å². The highest BCUT2D eigenvalue weighted by Crippen LogP contribution is 2.16. The molecule has 1 rings (SSSR count). The molecule has 0 heterocycles. The molecule has 2 atom stereocenters. The van der Waals surface area contributed by atoms with E-state index < -0.39 is 18.1 Å². The second-order valence-corrected chi connectivity index (χ2v) is 4.15. The number of carbonyl (C=O) groups excluding carboxylic acids is 1. The van der Waals surface area contributed by atoms with Crippen LogP contribution in [0.4, 0.5) is 0 Å². The highest BCUT2D eigenvalue weighted by molar-refractivity contribution is 5.78. The van der Waals surface area contributed by atoms with Crippen molar-refractivity contribution in [2.75, 3.05) is 19.7 Å². The maximum absolute atomic E-state index is 10.6. The first-order valence-corrected chi connectivity index (χ1v) is 6.02. The summed E-state index contributed by atoms with van der Waals surface area (Å²) in [4.78, 5) is 10.6. The van der Waals surface area contributed by atoms with Crippen molar-refractivity contribution in [2.24, 2.45) is 5.73 Å². The molecular formula is C13H17N3O4. The van der Waals surface area contributed by atoms with Crippen LogP contribution in [0.25, 0.3) is 0 Å². The van der Waals surface area contributed by atoms with Gasteiger partial charge in [0.15, 0.2) is 0 Å². The van der Waals surface area contributed by atoms with Crippen LogP contribution < -0.4 is 15.8 Å². The zero-order chi connectivity index (χ0) is 15.0. The molecule has 1 amide bonds. The van der Waals surface area contributed by atoms with E-state index in [1.54, 1.807) is 24.3 Å². The minimum absolute atomic E-state index is 0.0155. The predicted molar refractivity (Wildman–Crippen MR) is 70.7 cm³/mol. The fraction of sp³-hybridized carbons (Fsp3) is 0.385. The van der Waals surface area contributed by atoms with Gasteiger partial charge < -0.3 is 26.0 Å². The number of carbonyl (C=O) groups is 1. The fourth-order valence-corrected chi connectivity index (χ4v) is 1.42. The summed E-state index contributed by atoms with van der Waals surface area (Å²) in [5, 5.41) is 30.3. The lowest BCUT2D eigenvalue weighted by atomic mass is 10.2. The molecule has 1 aromatic carbocycles. The molecule has 0 spiro atoms. The number of rotatable bonds is 8. The van der Waals surface area contributed by atoms with Gasteiger partial charge >= 0.3 is 0 Å². The van der Waals surface area contributed by atoms with Crippen LogP contribution in [0.1, 0.15) is 5.56 Å². The average molecular weight is 279 g/mol. The highest BCUT2D eigenvalue weighted by atomic mass is 16.5. The van der Waals surface area contributed by atoms with Gasteiger partial charge in [0.25, 0.3) is 0 Å². The summed E-state index contributed by atoms with van der Waals surface area (Å²) in [7, 11) is 0. The van der Waals surface area contributed by atoms with Crippen LogP contribution in [0.15, 0.2) is 24.3 Å². The Hall–Kier alpha value is -2.14. The number of amides is 1. The third-order valence-electron chi connectivity index (χ3n) is 2.48. The van der Waals surface area contributed by atoms with Gasteiger partial charge in [0, 0.05) is 13.1 Å². The van der Waals surface area contributed by atoms with E-state index in [1.165, 1.54) is 0 Å². The minimum Gasteiger partial charge on any atom is -0.489 e. The Labute approximate surface area is 116 Å². The number of aliphatic hydroxyl groups excluding tert-OH is 2. The van der Waals surface area contributed by atoms with Gasteiger partial charge in [-0.2, -0.15) is 5.26 Å². The minimum atomic E-state index is -1.29. The van der Waals surface area contributed by atoms with Crippen LogP contribution in [0, 0.1) is 11.3 Å². The van der Waals surface area contributed by atoms with Gasteiger partial charge in [0.2, 0.25) is 5.91 Å². The van der Waals surface area contributed by atoms with E-state index in [0.29, 0.717) is 11.3 Å². The third kappa shape index (κ3) is 5.24. The monoisotopic (exact) mass is 279 g/mol. The first kappa shape index (κ1) is 15.9. The zero-order valence-electron chi connectivity index (χ0n) is 10.8. The number of nitrogens with one attached hydrogen (secondary N) is 1. The van der Waals surface area contributed by atoms with Crippen molar-refractivity contribution in [3.05, 3.63) is 29.8 Å². The smallest absolute Gasteiger partial charge is 0.247 e. The highest BCUT2D eigenvalue weighted by Gasteiger charge is 2.12. The molecule has 2 unspecified atom stereocenters. The molecule has 7 heteroatoms. The summed E-state index contributed by atoms with van der Waals surface area (Å²) in [6.45, 7) is 0.0681. The number of ether oxygens (including phenoxy) is 1. The summed E-state index contributed by atoms with van der Waals surface area (Å²) >= 11 is 0. The molecule has 0 aromatic heterocycles. The number of hydrogen-bond donors (Lipinski definition) is 4. The van der Waals surface area contributed by atoms with Gasteiger partial charge in [0.05, 0.1) is 5.56 Å². The van der Waals surface area contributed by atoms with Gasteiger partial charge in [-0.25, -0.2) is 0 Å². The fourth-order valence-electron chi connectivity index (χ4n) is 1.42. The number of nitrogens with zero attached hydrogens (tertiary/aromatic N) is 1. The largest absolute Gasteiger partial charge is 0.489 e. The molecular weight excluding hydrogens is 262 g/mol. The normalized spacial score (nSPS) is 13.2. The van der Waals surface area contributed by atoms with Crippen LogP contribution in [-0.4, -0.2) is 48.0 Å². The molecule has 0 saturated heterocycles. The van der Waals surface area contributed by atoms with Crippen LogP contribution in [0.3, 0.4) is 0 Å². The van der Waals surface area contributed by atoms with E-state index in [1.807, 2.05) is 6.07 Å². The standard InChI is InChI=1S/C13H17N3O4/c14-5-9-3-1-2-4-12(9)20-8-10(17)6-16-7-11(18)13(15)19/h1-4,10-11,16-18H,6-8H2,(H2,15,19). The summed E-state index contributed by atoms with van der Waals surface area (Å²) in [5.41, 5.74) is 5.26. The topological polar surface area (TPSA) is 129 Å². The molecule has 0 saturated carbocycles. The van der Waals surface area contributed by atoms with Crippen molar-refractivity contribution in [3.63, 3.8) is 0 Å². The summed E-state index contributed by atoms with van der Waals surface area (Å²) < 4.78 is 5.33. The van der Waals surface area contributed by atoms with Gasteiger partial charge in [-0.1, -0.05) is 12.1 Å². The number of hydrogen-bond acceptors (Lipinski definition) is 6. The molecule has 108 valence electrons. The summed E-state index contributed by atoms with van der Waals surface area (Å²) in [5.74, 6) is -0.433. The van der Waals surface area contributed by atoms with Crippen molar-refractivity contribution in [1.29, 1.82) is 5.26 Å². The molecule has 0 radical (unpaired) electrons. The zero-order valence-corrected chi connectivity index (χ0v) is 10.8. The van der Waals surface area contributed by atoms with E-state index in [0.717, 1.165) is 0 Å². The Bertz CT molecular complexity index is 487. The predicted octanol–water partition coefficient (Wildman–Crippen LogP) is -1.27. The van der Waals surface area contributed by atoms with Gasteiger partial charge in [0.1, 0.15) is 30.6 Å². The van der Waals surface area contributed by atoms with E-state index in [2.05, 4.69) is 5.32 Å². The molecule has 0 aliphatic heterocycles. The first-order valence-electron chi connectivity index (χ1n) is 6.02. The van der Waals surface area contributed by atoms with E-state index in [9.17, 15) is 9.90 Å². The number of benzene rings is 1. The van der Waals surface area contributed by atoms with Gasteiger partial charge in [-0.15, -0.1) is 0 Å². The lowest BCUT2D eigenvalue weighted by Crippen LogP contribution is -2.41. The number of primary amides is 1. The van der Waals surface area contributed by atoms with Crippen molar-refractivity contribution >= 4 is 5.91 Å². The van der Waals surface area contributed by atoms with Crippen molar-refractivity contribution in [1.82, 2.24) is 5.32 Å². The molecule has 5 N–H and O–H groups in total. The van der Waals surface area contributed by atoms with Crippen LogP contribution in [0.5, 0.6) is 5.75 Å². The second kappa shape index (κ2) is 8.12. The van der Waals surface area contributed by atoms with Crippen LogP contribution in [0.2, 0.25) is 0 Å². The molecule has 20 heavy (non-hydrogen) atoms. The Morgan fingerprint density at radius 1 is 1.40 bits per heavy atom. The summed E-state index contributed by atoms with van der Waals surface area (Å²) in [6, 6.07) is 8.68. The van der Waals surface area contributed by atoms with Crippen LogP contribution >= 0.6 is 0 Å². The molecule has 0 bridgehead atoms. The number of aliphatic hydroxyl groups is 2. The molecule has 7 nitrogen and oxygen atoms in total. The Balaban J connectivity index is 2.31. The molecule has 0 aliphatic rings. The third-order valence-corrected chi connectivity index (χ3v) is 2.48. The van der Waals surface area contributed by atoms with E-state index in [4.69, 9.17) is 20.8 Å². The summed E-state index contributed by atoms with van der Waals surface area (Å²) in [6.07, 6.45) is -2.13. The van der Waals surface area contributed by atoms with Gasteiger partial charge in [-0.3, -0.25) is 4.79 Å².